The summed E-state index contributed by atoms with van der Waals surface area (Å²) in [5.41, 5.74) is 2.52. The molecule has 110 valence electrons. The molecule has 6 nitrogen and oxygen atoms in total. The summed E-state index contributed by atoms with van der Waals surface area (Å²) < 4.78 is 0. The fourth-order valence-electron chi connectivity index (χ4n) is 2.19. The molecule has 1 amide bonds. The van der Waals surface area contributed by atoms with Crippen molar-refractivity contribution in [2.45, 2.75) is 26.1 Å². The molecule has 0 radical (unpaired) electrons. The van der Waals surface area contributed by atoms with Crippen LogP contribution in [0.3, 0.4) is 0 Å². The van der Waals surface area contributed by atoms with Gasteiger partial charge in [-0.25, -0.2) is 9.97 Å². The highest BCUT2D eigenvalue weighted by molar-refractivity contribution is 6.76. The molecule has 3 N–H and O–H groups in total. The topological polar surface area (TPSA) is 86.5 Å². The highest BCUT2D eigenvalue weighted by Crippen LogP contribution is 2.20. The van der Waals surface area contributed by atoms with Gasteiger partial charge in [0.1, 0.15) is 17.0 Å². The van der Waals surface area contributed by atoms with E-state index in [0.717, 1.165) is 28.2 Å². The first-order chi connectivity index (χ1) is 9.92. The zero-order valence-electron chi connectivity index (χ0n) is 12.4. The lowest BCUT2D eigenvalue weighted by Gasteiger charge is -2.16. The molecule has 0 saturated carbocycles. The number of imidazole rings is 1. The first-order valence-electron chi connectivity index (χ1n) is 7.00. The van der Waals surface area contributed by atoms with E-state index in [-0.39, 0.29) is 12.3 Å². The molecule has 7 heteroatoms. The van der Waals surface area contributed by atoms with Gasteiger partial charge in [0.2, 0.25) is 5.91 Å². The summed E-state index contributed by atoms with van der Waals surface area (Å²) in [7, 11) is -1.27. The minimum absolute atomic E-state index is 0.00903. The van der Waals surface area contributed by atoms with Gasteiger partial charge in [0, 0.05) is 17.8 Å². The molecule has 0 aromatic carbocycles. The number of rotatable bonds is 4. The van der Waals surface area contributed by atoms with Crippen LogP contribution in [-0.4, -0.2) is 40.1 Å². The molecule has 0 saturated heterocycles. The lowest BCUT2D eigenvalue weighted by molar-refractivity contribution is -0.120. The number of pyridine rings is 1. The van der Waals surface area contributed by atoms with Gasteiger partial charge in [-0.15, -0.1) is 0 Å². The molecule has 0 aliphatic carbocycles. The number of nitrogens with one attached hydrogen (secondary N) is 3. The summed E-state index contributed by atoms with van der Waals surface area (Å²) >= 11 is 0. The maximum atomic E-state index is 12.0. The molecule has 0 fully saturated rings. The third kappa shape index (κ3) is 2.97. The van der Waals surface area contributed by atoms with E-state index < -0.39 is 8.07 Å². The molecular weight excluding hydrogens is 282 g/mol. The first-order valence-corrected chi connectivity index (χ1v) is 10.7. The molecule has 3 aromatic rings. The van der Waals surface area contributed by atoms with Gasteiger partial charge < -0.3 is 15.3 Å². The van der Waals surface area contributed by atoms with Crippen LogP contribution in [0.5, 0.6) is 0 Å². The predicted octanol–water partition coefficient (Wildman–Crippen LogP) is 1.98. The summed E-state index contributed by atoms with van der Waals surface area (Å²) in [5.74, 6) is 0.684. The van der Waals surface area contributed by atoms with Crippen LogP contribution < -0.4 is 5.32 Å². The Balaban J connectivity index is 1.80. The highest BCUT2D eigenvalue weighted by Gasteiger charge is 2.16. The van der Waals surface area contributed by atoms with Gasteiger partial charge in [0.05, 0.1) is 26.2 Å². The van der Waals surface area contributed by atoms with Crippen molar-refractivity contribution in [3.63, 3.8) is 0 Å². The van der Waals surface area contributed by atoms with E-state index >= 15 is 0 Å². The number of hydrogen-bond acceptors (Lipinski definition) is 3. The van der Waals surface area contributed by atoms with Crippen molar-refractivity contribution < 1.29 is 4.79 Å². The van der Waals surface area contributed by atoms with Crippen molar-refractivity contribution >= 4 is 36.0 Å². The van der Waals surface area contributed by atoms with E-state index in [1.54, 1.807) is 6.20 Å². The fraction of sp³-hybridized carbons (Fsp3) is 0.357. The maximum Gasteiger partial charge on any atom is 0.227 e. The van der Waals surface area contributed by atoms with Crippen molar-refractivity contribution in [3.8, 4) is 0 Å². The van der Waals surface area contributed by atoms with Gasteiger partial charge in [-0.05, 0) is 6.07 Å². The van der Waals surface area contributed by atoms with Crippen LogP contribution in [-0.2, 0) is 11.2 Å². The van der Waals surface area contributed by atoms with E-state index in [0.29, 0.717) is 5.82 Å². The monoisotopic (exact) mass is 301 g/mol. The molecule has 0 unspecified atom stereocenters. The summed E-state index contributed by atoms with van der Waals surface area (Å²) in [4.78, 5) is 27.0. The Kier molecular flexibility index (Phi) is 3.28. The van der Waals surface area contributed by atoms with Crippen molar-refractivity contribution in [2.24, 2.45) is 0 Å². The van der Waals surface area contributed by atoms with E-state index in [9.17, 15) is 4.79 Å². The molecule has 0 atom stereocenters. The molecule has 3 aromatic heterocycles. The minimum Gasteiger partial charge on any atom is -0.359 e. The zero-order valence-corrected chi connectivity index (χ0v) is 13.4. The number of aromatic amines is 2. The van der Waals surface area contributed by atoms with E-state index in [1.165, 1.54) is 0 Å². The fourth-order valence-corrected chi connectivity index (χ4v) is 2.91. The Hall–Kier alpha value is -2.15. The lowest BCUT2D eigenvalue weighted by Crippen LogP contribution is -2.40. The van der Waals surface area contributed by atoms with Crippen molar-refractivity contribution in [1.29, 1.82) is 0 Å². The molecule has 0 bridgehead atoms. The number of fused-ring (bicyclic) bond motifs is 3. The maximum absolute atomic E-state index is 12.0. The number of aromatic nitrogens is 4. The van der Waals surface area contributed by atoms with Crippen molar-refractivity contribution in [2.75, 3.05) is 6.17 Å². The summed E-state index contributed by atoms with van der Waals surface area (Å²) in [6, 6.07) is 1.95. The largest absolute Gasteiger partial charge is 0.359 e. The number of amides is 1. The Morgan fingerprint density at radius 1 is 1.38 bits per heavy atom. The Morgan fingerprint density at radius 3 is 2.95 bits per heavy atom. The van der Waals surface area contributed by atoms with Gasteiger partial charge in [-0.1, -0.05) is 19.6 Å². The second-order valence-corrected chi connectivity index (χ2v) is 11.9. The van der Waals surface area contributed by atoms with Gasteiger partial charge in [0.25, 0.3) is 0 Å². The van der Waals surface area contributed by atoms with Crippen LogP contribution in [0, 0.1) is 0 Å². The average Bonchev–Trinajstić information content (AvgIpc) is 2.99. The SMILES string of the molecule is C[Si](C)(C)CNC(=O)Cc1nc2c(cnc3[nH]ccc32)[nH]1. The molecule has 3 rings (SSSR count). The Morgan fingerprint density at radius 2 is 2.19 bits per heavy atom. The van der Waals surface area contributed by atoms with E-state index in [2.05, 4.69) is 44.9 Å². The summed E-state index contributed by atoms with van der Waals surface area (Å²) in [6.07, 6.45) is 4.64. The molecule has 0 aliphatic heterocycles. The number of nitrogens with zero attached hydrogens (tertiary/aromatic N) is 2. The second kappa shape index (κ2) is 4.99. The molecule has 3 heterocycles. The second-order valence-electron chi connectivity index (χ2n) is 6.46. The normalized spacial score (nSPS) is 12.1. The highest BCUT2D eigenvalue weighted by atomic mass is 28.3. The van der Waals surface area contributed by atoms with Crippen LogP contribution in [0.2, 0.25) is 19.6 Å². The standard InChI is InChI=1S/C14H19N5OSi/c1-21(2,3)8-17-12(20)6-11-18-10-7-16-14-9(4-5-15-14)13(10)19-11/h4-5,7H,6,8H2,1-3H3,(H,15,16)(H,17,20)(H,18,19). The van der Waals surface area contributed by atoms with E-state index in [4.69, 9.17) is 0 Å². The summed E-state index contributed by atoms with van der Waals surface area (Å²) in [5, 5.41) is 3.96. The predicted molar refractivity (Wildman–Crippen MR) is 85.8 cm³/mol. The van der Waals surface area contributed by atoms with Crippen LogP contribution in [0.1, 0.15) is 5.82 Å². The minimum atomic E-state index is -1.27. The van der Waals surface area contributed by atoms with Gasteiger partial charge in [-0.2, -0.15) is 0 Å². The quantitative estimate of drug-likeness (QED) is 0.644. The number of hydrogen-bond donors (Lipinski definition) is 3. The molecule has 0 spiro atoms. The van der Waals surface area contributed by atoms with Gasteiger partial charge in [-0.3, -0.25) is 4.79 Å². The van der Waals surface area contributed by atoms with Crippen LogP contribution >= 0.6 is 0 Å². The van der Waals surface area contributed by atoms with Crippen molar-refractivity contribution in [1.82, 2.24) is 25.3 Å². The number of H-pyrrole nitrogens is 2. The third-order valence-corrected chi connectivity index (χ3v) is 4.47. The third-order valence-electron chi connectivity index (χ3n) is 3.23. The number of carbonyl (C=O) groups is 1. The molecule has 0 aliphatic rings. The van der Waals surface area contributed by atoms with Gasteiger partial charge >= 0.3 is 0 Å². The lowest BCUT2D eigenvalue weighted by atomic mass is 10.3. The number of carbonyl (C=O) groups excluding carboxylic acids is 1. The van der Waals surface area contributed by atoms with Crippen LogP contribution in [0.15, 0.2) is 18.5 Å². The average molecular weight is 301 g/mol. The van der Waals surface area contributed by atoms with Crippen molar-refractivity contribution in [3.05, 3.63) is 24.3 Å². The first kappa shape index (κ1) is 13.8. The zero-order chi connectivity index (χ0) is 15.0. The summed E-state index contributed by atoms with van der Waals surface area (Å²) in [6.45, 7) is 6.67. The molecular formula is C14H19N5OSi. The van der Waals surface area contributed by atoms with Crippen LogP contribution in [0.25, 0.3) is 22.1 Å². The molecule has 21 heavy (non-hydrogen) atoms. The van der Waals surface area contributed by atoms with E-state index in [1.807, 2.05) is 12.3 Å². The smallest absolute Gasteiger partial charge is 0.227 e. The Labute approximate surface area is 123 Å². The van der Waals surface area contributed by atoms with Crippen LogP contribution in [0.4, 0.5) is 0 Å². The Bertz CT molecular complexity index is 799. The van der Waals surface area contributed by atoms with Gasteiger partial charge in [0.15, 0.2) is 0 Å².